The molecule has 0 saturated carbocycles. The first-order valence-electron chi connectivity index (χ1n) is 8.83. The summed E-state index contributed by atoms with van der Waals surface area (Å²) in [5.41, 5.74) is 5.56. The van der Waals surface area contributed by atoms with E-state index in [9.17, 15) is 23.4 Å². The largest absolute Gasteiger partial charge is 0.483 e. The number of hydrazine groups is 1. The second kappa shape index (κ2) is 13.0. The molecule has 1 fully saturated rings. The molecule has 7 N–H and O–H groups in total. The number of nitrogens with zero attached hydrogens (tertiary/aromatic N) is 1. The minimum Gasteiger partial charge on any atom is -0.483 e. The monoisotopic (exact) mass is 423 g/mol. The van der Waals surface area contributed by atoms with Crippen LogP contribution in [0.2, 0.25) is 0 Å². The Morgan fingerprint density at radius 2 is 1.79 bits per heavy atom. The minimum absolute atomic E-state index is 0.0878. The fourth-order valence-electron chi connectivity index (χ4n) is 2.66. The van der Waals surface area contributed by atoms with Crippen molar-refractivity contribution >= 4 is 12.2 Å². The summed E-state index contributed by atoms with van der Waals surface area (Å²) in [7, 11) is 0. The fraction of sp³-hybridized carbons (Fsp3) is 0.500. The maximum atomic E-state index is 13.3. The third kappa shape index (κ3) is 7.54. The number of ether oxygens (including phenoxy) is 1. The SMILES string of the molecule is CC.CC1CC(N(N)/C=C(\N)c2cc(F)c(F)c(F)c2)C(O)C(CO)O1.O=CO. The molecule has 1 aliphatic heterocycles. The Hall–Kier alpha value is -2.34. The third-order valence-corrected chi connectivity index (χ3v) is 3.92. The summed E-state index contributed by atoms with van der Waals surface area (Å²) in [6.07, 6.45) is -0.615. The molecule has 0 aliphatic carbocycles. The van der Waals surface area contributed by atoms with Gasteiger partial charge in [-0.3, -0.25) is 4.79 Å². The van der Waals surface area contributed by atoms with Crippen LogP contribution in [0.1, 0.15) is 32.8 Å². The van der Waals surface area contributed by atoms with Crippen molar-refractivity contribution in [3.05, 3.63) is 41.3 Å². The predicted molar refractivity (Wildman–Crippen MR) is 100 cm³/mol. The van der Waals surface area contributed by atoms with Gasteiger partial charge >= 0.3 is 0 Å². The van der Waals surface area contributed by atoms with Crippen LogP contribution in [0.15, 0.2) is 18.3 Å². The Labute approximate surface area is 167 Å². The molecule has 1 aromatic carbocycles. The van der Waals surface area contributed by atoms with Gasteiger partial charge in [-0.05, 0) is 25.5 Å². The molecule has 4 unspecified atom stereocenters. The van der Waals surface area contributed by atoms with E-state index >= 15 is 0 Å². The van der Waals surface area contributed by atoms with Crippen LogP contribution in [-0.2, 0) is 9.53 Å². The van der Waals surface area contributed by atoms with Crippen LogP contribution in [0.25, 0.3) is 5.70 Å². The van der Waals surface area contributed by atoms with Crippen LogP contribution >= 0.6 is 0 Å². The molecule has 8 nitrogen and oxygen atoms in total. The van der Waals surface area contributed by atoms with Crippen LogP contribution in [0.4, 0.5) is 13.2 Å². The Kier molecular flexibility index (Phi) is 11.9. The zero-order valence-corrected chi connectivity index (χ0v) is 16.4. The third-order valence-electron chi connectivity index (χ3n) is 3.92. The Bertz CT molecular complexity index is 655. The van der Waals surface area contributed by atoms with Crippen molar-refractivity contribution in [2.75, 3.05) is 6.61 Å². The molecular weight excluding hydrogens is 395 g/mol. The number of halogens is 3. The molecule has 166 valence electrons. The van der Waals surface area contributed by atoms with E-state index in [2.05, 4.69) is 0 Å². The summed E-state index contributed by atoms with van der Waals surface area (Å²) in [5.74, 6) is 1.55. The van der Waals surface area contributed by atoms with Crippen LogP contribution in [-0.4, -0.2) is 57.8 Å². The molecule has 1 heterocycles. The highest BCUT2D eigenvalue weighted by Crippen LogP contribution is 2.24. The summed E-state index contributed by atoms with van der Waals surface area (Å²) in [6.45, 7) is 5.12. The second-order valence-corrected chi connectivity index (χ2v) is 5.85. The van der Waals surface area contributed by atoms with Crippen molar-refractivity contribution in [2.24, 2.45) is 11.6 Å². The lowest BCUT2D eigenvalue weighted by atomic mass is 9.95. The van der Waals surface area contributed by atoms with Gasteiger partial charge in [0, 0.05) is 11.8 Å². The molecule has 0 aromatic heterocycles. The summed E-state index contributed by atoms with van der Waals surface area (Å²) < 4.78 is 44.9. The summed E-state index contributed by atoms with van der Waals surface area (Å²) >= 11 is 0. The van der Waals surface area contributed by atoms with Gasteiger partial charge in [-0.15, -0.1) is 0 Å². The maximum Gasteiger partial charge on any atom is 0.290 e. The van der Waals surface area contributed by atoms with E-state index in [1.54, 1.807) is 6.92 Å². The van der Waals surface area contributed by atoms with E-state index in [0.717, 1.165) is 17.1 Å². The molecule has 2 rings (SSSR count). The average Bonchev–Trinajstić information content (AvgIpc) is 2.69. The van der Waals surface area contributed by atoms with Crippen LogP contribution in [0.5, 0.6) is 0 Å². The van der Waals surface area contributed by atoms with Gasteiger partial charge in [0.25, 0.3) is 6.47 Å². The smallest absolute Gasteiger partial charge is 0.290 e. The van der Waals surface area contributed by atoms with Gasteiger partial charge in [0.1, 0.15) is 12.2 Å². The highest BCUT2D eigenvalue weighted by molar-refractivity contribution is 5.62. The number of carboxylic acid groups (broad SMARTS) is 1. The highest BCUT2D eigenvalue weighted by atomic mass is 19.2. The Morgan fingerprint density at radius 3 is 2.24 bits per heavy atom. The lowest BCUT2D eigenvalue weighted by Gasteiger charge is -2.41. The topological polar surface area (TPSA) is 142 Å². The summed E-state index contributed by atoms with van der Waals surface area (Å²) in [5, 5.41) is 27.4. The molecule has 29 heavy (non-hydrogen) atoms. The van der Waals surface area contributed by atoms with Gasteiger partial charge in [-0.1, -0.05) is 13.8 Å². The lowest BCUT2D eigenvalue weighted by molar-refractivity contribution is -0.155. The van der Waals surface area contributed by atoms with Crippen molar-refractivity contribution in [2.45, 2.75) is 51.5 Å². The normalized spacial score (nSPS) is 23.8. The molecule has 1 aromatic rings. The van der Waals surface area contributed by atoms with Gasteiger partial charge in [-0.2, -0.15) is 0 Å². The zero-order chi connectivity index (χ0) is 22.7. The van der Waals surface area contributed by atoms with Crippen molar-refractivity contribution in [3.63, 3.8) is 0 Å². The molecule has 11 heteroatoms. The average molecular weight is 423 g/mol. The van der Waals surface area contributed by atoms with Gasteiger partial charge in [0.15, 0.2) is 17.5 Å². The van der Waals surface area contributed by atoms with Gasteiger partial charge in [-0.25, -0.2) is 19.0 Å². The number of rotatable bonds is 4. The Balaban J connectivity index is 0.00000143. The molecule has 0 bridgehead atoms. The lowest BCUT2D eigenvalue weighted by Crippen LogP contribution is -2.56. The van der Waals surface area contributed by atoms with Crippen molar-refractivity contribution < 1.29 is 38.0 Å². The van der Waals surface area contributed by atoms with Gasteiger partial charge < -0.3 is 30.8 Å². The van der Waals surface area contributed by atoms with Crippen LogP contribution in [0, 0.1) is 17.5 Å². The number of benzene rings is 1. The number of aliphatic hydroxyl groups is 2. The predicted octanol–water partition coefficient (Wildman–Crippen LogP) is 1.16. The van der Waals surface area contributed by atoms with Crippen LogP contribution in [0.3, 0.4) is 0 Å². The standard InChI is InChI=1S/C15H20F3N3O3.C2H6.CH2O2/c1-7-2-12(15(23)13(6-22)24-7)21(20)5-11(19)8-3-9(16)14(18)10(17)4-8;1-2;2-1-3/h3-5,7,12-13,15,22-23H,2,6,19-20H2,1H3;1-2H3;1H,(H,2,3)/b11-5-;;. The zero-order valence-electron chi connectivity index (χ0n) is 16.4. The molecular formula is C18H28F3N3O5. The molecule has 4 atom stereocenters. The first-order chi connectivity index (χ1) is 13.7. The Morgan fingerprint density at radius 1 is 1.31 bits per heavy atom. The fourth-order valence-corrected chi connectivity index (χ4v) is 2.66. The van der Waals surface area contributed by atoms with Gasteiger partial charge in [0.2, 0.25) is 0 Å². The minimum atomic E-state index is -1.59. The van der Waals surface area contributed by atoms with Crippen molar-refractivity contribution in [1.82, 2.24) is 5.01 Å². The number of hydrogen-bond acceptors (Lipinski definition) is 7. The quantitative estimate of drug-likeness (QED) is 0.210. The first-order valence-corrected chi connectivity index (χ1v) is 8.83. The maximum absolute atomic E-state index is 13.3. The first kappa shape index (κ1) is 26.7. The van der Waals surface area contributed by atoms with Crippen molar-refractivity contribution in [3.8, 4) is 0 Å². The number of aliphatic hydroxyl groups excluding tert-OH is 2. The van der Waals surface area contributed by atoms with E-state index in [1.165, 1.54) is 6.20 Å². The number of carbonyl (C=O) groups is 1. The molecule has 1 aliphatic rings. The van der Waals surface area contributed by atoms with E-state index in [-0.39, 0.29) is 30.4 Å². The molecule has 0 spiro atoms. The van der Waals surface area contributed by atoms with E-state index < -0.39 is 35.7 Å². The highest BCUT2D eigenvalue weighted by Gasteiger charge is 2.37. The van der Waals surface area contributed by atoms with Crippen molar-refractivity contribution in [1.29, 1.82) is 0 Å². The second-order valence-electron chi connectivity index (χ2n) is 5.85. The molecule has 0 amide bonds. The molecule has 0 radical (unpaired) electrons. The van der Waals surface area contributed by atoms with E-state index in [4.69, 9.17) is 26.2 Å². The molecule has 1 saturated heterocycles. The van der Waals surface area contributed by atoms with E-state index in [0.29, 0.717) is 6.42 Å². The van der Waals surface area contributed by atoms with Crippen LogP contribution < -0.4 is 11.6 Å². The van der Waals surface area contributed by atoms with E-state index in [1.807, 2.05) is 13.8 Å². The summed E-state index contributed by atoms with van der Waals surface area (Å²) in [6, 6.07) is 0.870. The van der Waals surface area contributed by atoms with Gasteiger partial charge in [0.05, 0.1) is 24.4 Å². The number of hydrogen-bond donors (Lipinski definition) is 5. The number of nitrogens with two attached hydrogens (primary N) is 2. The summed E-state index contributed by atoms with van der Waals surface area (Å²) in [4.78, 5) is 8.36.